The van der Waals surface area contributed by atoms with Crippen molar-refractivity contribution in [3.05, 3.63) is 94.8 Å². The van der Waals surface area contributed by atoms with E-state index in [1.165, 1.54) is 17.7 Å². The highest BCUT2D eigenvalue weighted by molar-refractivity contribution is 5.46. The van der Waals surface area contributed by atoms with E-state index < -0.39 is 0 Å². The number of para-hydroxylation sites is 1. The van der Waals surface area contributed by atoms with Gasteiger partial charge in [0, 0.05) is 18.7 Å². The maximum Gasteiger partial charge on any atom is 0.166 e. The standard InChI is InChI=1S/C23H24FNO2/c1-17-5-3-6-19(13-17)16-27-23-20(7-4-8-22(23)26-2)15-25-14-18-9-11-21(24)12-10-18/h3-13,25H,14-16H2,1-2H3. The monoisotopic (exact) mass is 365 g/mol. The van der Waals surface area contributed by atoms with Gasteiger partial charge in [-0.3, -0.25) is 0 Å². The zero-order valence-corrected chi connectivity index (χ0v) is 15.7. The Kier molecular flexibility index (Phi) is 6.44. The molecule has 0 bridgehead atoms. The molecule has 0 radical (unpaired) electrons. The Hall–Kier alpha value is -2.85. The summed E-state index contributed by atoms with van der Waals surface area (Å²) in [5, 5.41) is 3.38. The van der Waals surface area contributed by atoms with Gasteiger partial charge in [-0.15, -0.1) is 0 Å². The first-order chi connectivity index (χ1) is 13.2. The minimum absolute atomic E-state index is 0.224. The summed E-state index contributed by atoms with van der Waals surface area (Å²) in [6, 6.07) is 20.6. The SMILES string of the molecule is COc1cccc(CNCc2ccc(F)cc2)c1OCc1cccc(C)c1. The topological polar surface area (TPSA) is 30.5 Å². The minimum atomic E-state index is -0.224. The average molecular weight is 365 g/mol. The first-order valence-corrected chi connectivity index (χ1v) is 8.95. The second-order valence-corrected chi connectivity index (χ2v) is 6.46. The average Bonchev–Trinajstić information content (AvgIpc) is 2.68. The molecule has 0 spiro atoms. The molecule has 0 aliphatic rings. The third-order valence-electron chi connectivity index (χ3n) is 4.30. The molecular formula is C23H24FNO2. The Bertz CT molecular complexity index is 878. The van der Waals surface area contributed by atoms with Gasteiger partial charge in [-0.1, -0.05) is 54.1 Å². The van der Waals surface area contributed by atoms with Crippen molar-refractivity contribution in [2.45, 2.75) is 26.6 Å². The van der Waals surface area contributed by atoms with Crippen LogP contribution in [0, 0.1) is 12.7 Å². The number of aryl methyl sites for hydroxylation is 1. The third kappa shape index (κ3) is 5.31. The van der Waals surface area contributed by atoms with Crippen LogP contribution >= 0.6 is 0 Å². The molecule has 0 fully saturated rings. The highest BCUT2D eigenvalue weighted by Gasteiger charge is 2.11. The summed E-state index contributed by atoms with van der Waals surface area (Å²) in [6.07, 6.45) is 0. The maximum absolute atomic E-state index is 13.0. The number of hydrogen-bond acceptors (Lipinski definition) is 3. The largest absolute Gasteiger partial charge is 0.493 e. The van der Waals surface area contributed by atoms with E-state index in [9.17, 15) is 4.39 Å². The van der Waals surface area contributed by atoms with Gasteiger partial charge in [0.05, 0.1) is 7.11 Å². The quantitative estimate of drug-likeness (QED) is 0.609. The van der Waals surface area contributed by atoms with E-state index in [1.54, 1.807) is 19.2 Å². The zero-order chi connectivity index (χ0) is 19.1. The van der Waals surface area contributed by atoms with Gasteiger partial charge < -0.3 is 14.8 Å². The normalized spacial score (nSPS) is 10.6. The van der Waals surface area contributed by atoms with E-state index in [1.807, 2.05) is 24.3 Å². The molecule has 140 valence electrons. The number of methoxy groups -OCH3 is 1. The molecule has 3 rings (SSSR count). The van der Waals surface area contributed by atoms with E-state index >= 15 is 0 Å². The van der Waals surface area contributed by atoms with Gasteiger partial charge in [-0.05, 0) is 36.2 Å². The Balaban J connectivity index is 1.68. The molecule has 0 aromatic heterocycles. The third-order valence-corrected chi connectivity index (χ3v) is 4.30. The molecule has 0 amide bonds. The molecule has 0 aliphatic heterocycles. The van der Waals surface area contributed by atoms with Gasteiger partial charge in [0.15, 0.2) is 11.5 Å². The molecule has 27 heavy (non-hydrogen) atoms. The van der Waals surface area contributed by atoms with E-state index in [-0.39, 0.29) is 5.82 Å². The van der Waals surface area contributed by atoms with Crippen LogP contribution in [0.3, 0.4) is 0 Å². The summed E-state index contributed by atoms with van der Waals surface area (Å²) in [7, 11) is 1.64. The molecule has 0 unspecified atom stereocenters. The number of ether oxygens (including phenoxy) is 2. The van der Waals surface area contributed by atoms with E-state index in [0.717, 1.165) is 22.4 Å². The van der Waals surface area contributed by atoms with Crippen molar-refractivity contribution in [1.82, 2.24) is 5.32 Å². The maximum atomic E-state index is 13.0. The Morgan fingerprint density at radius 1 is 0.889 bits per heavy atom. The molecule has 0 saturated carbocycles. The van der Waals surface area contributed by atoms with Crippen molar-refractivity contribution in [3.63, 3.8) is 0 Å². The van der Waals surface area contributed by atoms with Crippen LogP contribution in [-0.2, 0) is 19.7 Å². The Morgan fingerprint density at radius 2 is 1.67 bits per heavy atom. The predicted octanol–water partition coefficient (Wildman–Crippen LogP) is 5.01. The molecule has 0 saturated heterocycles. The van der Waals surface area contributed by atoms with Gasteiger partial charge in [0.25, 0.3) is 0 Å². The number of halogens is 1. The predicted molar refractivity (Wildman–Crippen MR) is 105 cm³/mol. The molecule has 0 aliphatic carbocycles. The summed E-state index contributed by atoms with van der Waals surface area (Å²) >= 11 is 0. The Morgan fingerprint density at radius 3 is 2.41 bits per heavy atom. The smallest absolute Gasteiger partial charge is 0.166 e. The summed E-state index contributed by atoms with van der Waals surface area (Å²) in [4.78, 5) is 0. The molecule has 0 heterocycles. The van der Waals surface area contributed by atoms with Gasteiger partial charge in [0.2, 0.25) is 0 Å². The first-order valence-electron chi connectivity index (χ1n) is 8.95. The van der Waals surface area contributed by atoms with Crippen molar-refractivity contribution in [1.29, 1.82) is 0 Å². The second kappa shape index (κ2) is 9.19. The molecule has 3 nitrogen and oxygen atoms in total. The lowest BCUT2D eigenvalue weighted by atomic mass is 10.1. The number of rotatable bonds is 8. The lowest BCUT2D eigenvalue weighted by Crippen LogP contribution is -2.14. The van der Waals surface area contributed by atoms with Crippen LogP contribution in [0.1, 0.15) is 22.3 Å². The van der Waals surface area contributed by atoms with Crippen molar-refractivity contribution >= 4 is 0 Å². The number of nitrogens with one attached hydrogen (secondary N) is 1. The van der Waals surface area contributed by atoms with Crippen LogP contribution in [0.15, 0.2) is 66.7 Å². The highest BCUT2D eigenvalue weighted by Crippen LogP contribution is 2.32. The van der Waals surface area contributed by atoms with E-state index in [2.05, 4.69) is 30.4 Å². The molecule has 0 atom stereocenters. The lowest BCUT2D eigenvalue weighted by molar-refractivity contribution is 0.280. The molecular weight excluding hydrogens is 341 g/mol. The van der Waals surface area contributed by atoms with Gasteiger partial charge in [-0.2, -0.15) is 0 Å². The fourth-order valence-corrected chi connectivity index (χ4v) is 2.93. The van der Waals surface area contributed by atoms with Crippen LogP contribution in [0.2, 0.25) is 0 Å². The van der Waals surface area contributed by atoms with Crippen LogP contribution in [0.5, 0.6) is 11.5 Å². The van der Waals surface area contributed by atoms with Crippen LogP contribution in [0.4, 0.5) is 4.39 Å². The molecule has 4 heteroatoms. The van der Waals surface area contributed by atoms with Gasteiger partial charge >= 0.3 is 0 Å². The summed E-state index contributed by atoms with van der Waals surface area (Å²) < 4.78 is 24.6. The van der Waals surface area contributed by atoms with Crippen molar-refractivity contribution in [3.8, 4) is 11.5 Å². The van der Waals surface area contributed by atoms with E-state index in [0.29, 0.717) is 25.4 Å². The molecule has 3 aromatic rings. The molecule has 1 N–H and O–H groups in total. The van der Waals surface area contributed by atoms with Crippen LogP contribution in [0.25, 0.3) is 0 Å². The fraction of sp³-hybridized carbons (Fsp3) is 0.217. The Labute approximate surface area is 159 Å². The van der Waals surface area contributed by atoms with Crippen LogP contribution in [-0.4, -0.2) is 7.11 Å². The number of benzene rings is 3. The first kappa shape index (κ1) is 18.9. The zero-order valence-electron chi connectivity index (χ0n) is 15.7. The lowest BCUT2D eigenvalue weighted by Gasteiger charge is -2.16. The fourth-order valence-electron chi connectivity index (χ4n) is 2.93. The minimum Gasteiger partial charge on any atom is -0.493 e. The summed E-state index contributed by atoms with van der Waals surface area (Å²) in [5.41, 5.74) is 4.37. The number of hydrogen-bond donors (Lipinski definition) is 1. The molecule has 3 aromatic carbocycles. The van der Waals surface area contributed by atoms with Gasteiger partial charge in [-0.25, -0.2) is 4.39 Å². The second-order valence-electron chi connectivity index (χ2n) is 6.46. The van der Waals surface area contributed by atoms with E-state index in [4.69, 9.17) is 9.47 Å². The van der Waals surface area contributed by atoms with Gasteiger partial charge in [0.1, 0.15) is 12.4 Å². The summed E-state index contributed by atoms with van der Waals surface area (Å²) in [5.74, 6) is 1.23. The van der Waals surface area contributed by atoms with Crippen molar-refractivity contribution < 1.29 is 13.9 Å². The van der Waals surface area contributed by atoms with Crippen molar-refractivity contribution in [2.24, 2.45) is 0 Å². The highest BCUT2D eigenvalue weighted by atomic mass is 19.1. The van der Waals surface area contributed by atoms with Crippen molar-refractivity contribution in [2.75, 3.05) is 7.11 Å². The van der Waals surface area contributed by atoms with Crippen LogP contribution < -0.4 is 14.8 Å². The summed E-state index contributed by atoms with van der Waals surface area (Å²) in [6.45, 7) is 3.82.